The fraction of sp³-hybridized carbons (Fsp3) is 0.364. The van der Waals surface area contributed by atoms with Gasteiger partial charge in [-0.15, -0.1) is 0 Å². The van der Waals surface area contributed by atoms with Crippen LogP contribution in [0.2, 0.25) is 0 Å². The first-order chi connectivity index (χ1) is 13.0. The van der Waals surface area contributed by atoms with Gasteiger partial charge >= 0.3 is 6.03 Å². The number of hydrogen-bond donors (Lipinski definition) is 1. The van der Waals surface area contributed by atoms with Crippen LogP contribution in [-0.2, 0) is 6.54 Å². The van der Waals surface area contributed by atoms with Crippen molar-refractivity contribution < 1.29 is 4.79 Å². The highest BCUT2D eigenvalue weighted by atomic mass is 16.2. The Morgan fingerprint density at radius 2 is 1.96 bits per heavy atom. The second-order valence-corrected chi connectivity index (χ2v) is 7.48. The molecule has 0 saturated carbocycles. The van der Waals surface area contributed by atoms with Gasteiger partial charge < -0.3 is 14.8 Å². The number of aromatic nitrogens is 2. The zero-order valence-electron chi connectivity index (χ0n) is 16.2. The molecule has 0 unspecified atom stereocenters. The number of amides is 2. The molecular formula is C22H26N4O. The molecule has 1 saturated heterocycles. The summed E-state index contributed by atoms with van der Waals surface area (Å²) in [6.07, 6.45) is 2.06. The molecule has 1 aromatic heterocycles. The van der Waals surface area contributed by atoms with Gasteiger partial charge in [0, 0.05) is 18.8 Å². The lowest BCUT2D eigenvalue weighted by molar-refractivity contribution is 0.201. The number of fused-ring (bicyclic) bond motifs is 1. The Morgan fingerprint density at radius 1 is 1.15 bits per heavy atom. The van der Waals surface area contributed by atoms with Crippen LogP contribution in [0.15, 0.2) is 42.5 Å². The first-order valence-electron chi connectivity index (χ1n) is 9.59. The minimum atomic E-state index is -0.0113. The summed E-state index contributed by atoms with van der Waals surface area (Å²) in [5.74, 6) is 0.998. The van der Waals surface area contributed by atoms with Crippen LogP contribution in [0.3, 0.4) is 0 Å². The maximum absolute atomic E-state index is 12.9. The molecule has 1 atom stereocenters. The Labute approximate surface area is 160 Å². The number of nitrogens with one attached hydrogen (secondary N) is 1. The van der Waals surface area contributed by atoms with Crippen LogP contribution in [-0.4, -0.2) is 33.1 Å². The summed E-state index contributed by atoms with van der Waals surface area (Å²) in [6.45, 7) is 7.76. The van der Waals surface area contributed by atoms with E-state index in [4.69, 9.17) is 0 Å². The Balaban J connectivity index is 1.52. The van der Waals surface area contributed by atoms with E-state index in [1.807, 2.05) is 48.2 Å². The van der Waals surface area contributed by atoms with Gasteiger partial charge in [0.25, 0.3) is 0 Å². The van der Waals surface area contributed by atoms with E-state index < -0.39 is 0 Å². The van der Waals surface area contributed by atoms with E-state index in [9.17, 15) is 4.79 Å². The molecule has 27 heavy (non-hydrogen) atoms. The molecule has 2 heterocycles. The van der Waals surface area contributed by atoms with Crippen LogP contribution >= 0.6 is 0 Å². The molecule has 2 aromatic carbocycles. The maximum Gasteiger partial charge on any atom is 0.322 e. The van der Waals surface area contributed by atoms with Crippen LogP contribution in [0.1, 0.15) is 29.8 Å². The van der Waals surface area contributed by atoms with Crippen molar-refractivity contribution in [1.29, 1.82) is 0 Å². The fourth-order valence-corrected chi connectivity index (χ4v) is 3.94. The van der Waals surface area contributed by atoms with Gasteiger partial charge in [0.15, 0.2) is 0 Å². The first kappa shape index (κ1) is 17.6. The third kappa shape index (κ3) is 3.42. The Hall–Kier alpha value is -2.82. The van der Waals surface area contributed by atoms with Crippen LogP contribution in [0.4, 0.5) is 10.5 Å². The molecule has 1 fully saturated rings. The number of benzene rings is 2. The molecule has 0 aliphatic carbocycles. The second-order valence-electron chi connectivity index (χ2n) is 7.48. The maximum atomic E-state index is 12.9. The zero-order valence-corrected chi connectivity index (χ0v) is 16.2. The highest BCUT2D eigenvalue weighted by Gasteiger charge is 2.29. The largest absolute Gasteiger partial charge is 0.326 e. The number of nitrogens with zero attached hydrogens (tertiary/aromatic N) is 3. The number of rotatable bonds is 3. The molecule has 1 aliphatic heterocycles. The van der Waals surface area contributed by atoms with Crippen molar-refractivity contribution in [2.75, 3.05) is 11.9 Å². The van der Waals surface area contributed by atoms with Gasteiger partial charge in [-0.2, -0.15) is 0 Å². The van der Waals surface area contributed by atoms with Gasteiger partial charge in [0.1, 0.15) is 5.82 Å². The number of aryl methyl sites for hydroxylation is 3. The molecule has 140 valence electrons. The number of carbonyl (C=O) groups is 1. The summed E-state index contributed by atoms with van der Waals surface area (Å²) in [4.78, 5) is 19.5. The van der Waals surface area contributed by atoms with Crippen molar-refractivity contribution in [3.8, 4) is 0 Å². The molecule has 5 nitrogen and oxygen atoms in total. The highest BCUT2D eigenvalue weighted by molar-refractivity contribution is 5.90. The van der Waals surface area contributed by atoms with E-state index in [-0.39, 0.29) is 12.1 Å². The molecule has 0 bridgehead atoms. The quantitative estimate of drug-likeness (QED) is 0.737. The zero-order chi connectivity index (χ0) is 19.0. The smallest absolute Gasteiger partial charge is 0.322 e. The van der Waals surface area contributed by atoms with Crippen molar-refractivity contribution in [1.82, 2.24) is 14.5 Å². The predicted octanol–water partition coefficient (Wildman–Crippen LogP) is 4.66. The van der Waals surface area contributed by atoms with Crippen molar-refractivity contribution in [3.63, 3.8) is 0 Å². The second kappa shape index (κ2) is 7.06. The molecule has 1 aliphatic rings. The van der Waals surface area contributed by atoms with Gasteiger partial charge in [-0.3, -0.25) is 0 Å². The van der Waals surface area contributed by atoms with E-state index >= 15 is 0 Å². The van der Waals surface area contributed by atoms with Gasteiger partial charge in [0.2, 0.25) is 0 Å². The molecule has 3 aromatic rings. The molecule has 0 spiro atoms. The predicted molar refractivity (Wildman–Crippen MR) is 109 cm³/mol. The Kier molecular flexibility index (Phi) is 4.60. The molecule has 4 rings (SSSR count). The lowest BCUT2D eigenvalue weighted by Crippen LogP contribution is -2.40. The third-order valence-electron chi connectivity index (χ3n) is 5.63. The van der Waals surface area contributed by atoms with Crippen LogP contribution < -0.4 is 5.32 Å². The number of urea groups is 1. The monoisotopic (exact) mass is 362 g/mol. The number of imidazole rings is 1. The fourth-order valence-electron chi connectivity index (χ4n) is 3.94. The SMILES string of the molecule is Cc1ccc(NC(=O)N2CCC[C@@H]2Cn2c(C)nc3ccccc32)cc1C. The summed E-state index contributed by atoms with van der Waals surface area (Å²) in [6, 6.07) is 14.4. The van der Waals surface area contributed by atoms with Gasteiger partial charge in [-0.1, -0.05) is 18.2 Å². The molecule has 5 heteroatoms. The standard InChI is InChI=1S/C22H26N4O/c1-15-10-11-18(13-16(15)2)24-22(27)25-12-6-7-19(25)14-26-17(3)23-20-8-4-5-9-21(20)26/h4-5,8-11,13,19H,6-7,12,14H2,1-3H3,(H,24,27)/t19-/m1/s1. The van der Waals surface area contributed by atoms with Crippen LogP contribution in [0.25, 0.3) is 11.0 Å². The number of anilines is 1. The average Bonchev–Trinajstić information content (AvgIpc) is 3.23. The highest BCUT2D eigenvalue weighted by Crippen LogP contribution is 2.24. The number of carbonyl (C=O) groups excluding carboxylic acids is 1. The Morgan fingerprint density at radius 3 is 2.78 bits per heavy atom. The van der Waals surface area contributed by atoms with Gasteiger partial charge in [0.05, 0.1) is 17.1 Å². The minimum Gasteiger partial charge on any atom is -0.326 e. The van der Waals surface area contributed by atoms with Gasteiger partial charge in [-0.05, 0) is 69.0 Å². The van der Waals surface area contributed by atoms with E-state index in [1.165, 1.54) is 11.1 Å². The number of likely N-dealkylation sites (tertiary alicyclic amines) is 1. The normalized spacial score (nSPS) is 16.9. The summed E-state index contributed by atoms with van der Waals surface area (Å²) in [7, 11) is 0. The van der Waals surface area contributed by atoms with Crippen molar-refractivity contribution in [2.45, 2.75) is 46.2 Å². The molecule has 2 amide bonds. The Bertz CT molecular complexity index is 991. The van der Waals surface area contributed by atoms with Crippen LogP contribution in [0.5, 0.6) is 0 Å². The lowest BCUT2D eigenvalue weighted by atomic mass is 10.1. The van der Waals surface area contributed by atoms with Crippen LogP contribution in [0, 0.1) is 20.8 Å². The van der Waals surface area contributed by atoms with E-state index in [0.717, 1.165) is 48.5 Å². The minimum absolute atomic E-state index is 0.0113. The first-order valence-corrected chi connectivity index (χ1v) is 9.59. The van der Waals surface area contributed by atoms with Crippen molar-refractivity contribution >= 4 is 22.8 Å². The number of para-hydroxylation sites is 2. The molecule has 0 radical (unpaired) electrons. The average molecular weight is 362 g/mol. The topological polar surface area (TPSA) is 50.2 Å². The molecule has 1 N–H and O–H groups in total. The summed E-state index contributed by atoms with van der Waals surface area (Å²) >= 11 is 0. The summed E-state index contributed by atoms with van der Waals surface area (Å²) in [5, 5.41) is 3.08. The van der Waals surface area contributed by atoms with Crippen molar-refractivity contribution in [2.24, 2.45) is 0 Å². The summed E-state index contributed by atoms with van der Waals surface area (Å²) in [5.41, 5.74) is 5.43. The lowest BCUT2D eigenvalue weighted by Gasteiger charge is -2.26. The van der Waals surface area contributed by atoms with E-state index in [2.05, 4.69) is 34.8 Å². The third-order valence-corrected chi connectivity index (χ3v) is 5.63. The molecular weight excluding hydrogens is 336 g/mol. The van der Waals surface area contributed by atoms with Crippen molar-refractivity contribution in [3.05, 3.63) is 59.4 Å². The van der Waals surface area contributed by atoms with Gasteiger partial charge in [-0.25, -0.2) is 9.78 Å². The van der Waals surface area contributed by atoms with E-state index in [1.54, 1.807) is 0 Å². The summed E-state index contributed by atoms with van der Waals surface area (Å²) < 4.78 is 2.24. The number of hydrogen-bond acceptors (Lipinski definition) is 2. The van der Waals surface area contributed by atoms with E-state index in [0.29, 0.717) is 0 Å².